The second-order valence-corrected chi connectivity index (χ2v) is 2.88. The third kappa shape index (κ3) is 1.14. The highest BCUT2D eigenvalue weighted by Crippen LogP contribution is 2.20. The Bertz CT molecular complexity index is 90.1. The molecular weight excluding hydrogens is 128 g/mol. The highest BCUT2D eigenvalue weighted by atomic mass is 35.5. The van der Waals surface area contributed by atoms with Gasteiger partial charge in [-0.2, -0.15) is 0 Å². The standard InChI is InChI=1S/C5H7ClS/c6-4-2-1-3-5(4)7/h4H,1-3H2/t4-/m1/s1. The summed E-state index contributed by atoms with van der Waals surface area (Å²) in [5.74, 6) is 0. The number of hydrogen-bond donors (Lipinski definition) is 0. The fourth-order valence-corrected chi connectivity index (χ4v) is 1.30. The number of hydrogen-bond acceptors (Lipinski definition) is 1. The van der Waals surface area contributed by atoms with Gasteiger partial charge in [-0.3, -0.25) is 0 Å². The quantitative estimate of drug-likeness (QED) is 0.362. The Balaban J connectivity index is 2.48. The molecule has 7 heavy (non-hydrogen) atoms. The normalized spacial score (nSPS) is 31.6. The van der Waals surface area contributed by atoms with E-state index in [4.69, 9.17) is 23.8 Å². The van der Waals surface area contributed by atoms with Crippen molar-refractivity contribution in [1.29, 1.82) is 0 Å². The van der Waals surface area contributed by atoms with Crippen molar-refractivity contribution in [1.82, 2.24) is 0 Å². The molecule has 0 saturated heterocycles. The van der Waals surface area contributed by atoms with E-state index in [1.807, 2.05) is 0 Å². The average molecular weight is 135 g/mol. The average Bonchev–Trinajstić information content (AvgIpc) is 1.91. The minimum Gasteiger partial charge on any atom is -0.117 e. The SMILES string of the molecule is S=C1CCC[C@H]1Cl. The van der Waals surface area contributed by atoms with Crippen molar-refractivity contribution in [2.24, 2.45) is 0 Å². The molecule has 1 saturated carbocycles. The highest BCUT2D eigenvalue weighted by molar-refractivity contribution is 7.80. The Labute approximate surface area is 53.9 Å². The van der Waals surface area contributed by atoms with Crippen molar-refractivity contribution in [3.8, 4) is 0 Å². The van der Waals surface area contributed by atoms with Gasteiger partial charge in [0, 0.05) is 4.86 Å². The van der Waals surface area contributed by atoms with Crippen LogP contribution in [0.15, 0.2) is 0 Å². The number of thiocarbonyl (C=S) groups is 1. The predicted molar refractivity (Wildman–Crippen MR) is 36.1 cm³/mol. The molecular formula is C5H7ClS. The fourth-order valence-electron chi connectivity index (χ4n) is 0.773. The molecule has 2 heteroatoms. The summed E-state index contributed by atoms with van der Waals surface area (Å²) in [6.07, 6.45) is 3.37. The monoisotopic (exact) mass is 134 g/mol. The largest absolute Gasteiger partial charge is 0.117 e. The molecule has 0 amide bonds. The first-order valence-electron chi connectivity index (χ1n) is 2.47. The maximum absolute atomic E-state index is 5.72. The van der Waals surface area contributed by atoms with Crippen molar-refractivity contribution >= 4 is 28.7 Å². The number of rotatable bonds is 0. The lowest BCUT2D eigenvalue weighted by atomic mass is 10.4. The number of alkyl halides is 1. The summed E-state index contributed by atoms with van der Waals surface area (Å²) in [4.78, 5) is 1.06. The Kier molecular flexibility index (Phi) is 1.65. The maximum atomic E-state index is 5.72. The first kappa shape index (κ1) is 5.52. The Hall–Kier alpha value is 0.380. The van der Waals surface area contributed by atoms with Crippen molar-refractivity contribution in [2.45, 2.75) is 24.6 Å². The minimum atomic E-state index is 0.218. The molecule has 0 N–H and O–H groups in total. The summed E-state index contributed by atoms with van der Waals surface area (Å²) in [7, 11) is 0. The zero-order valence-corrected chi connectivity index (χ0v) is 5.56. The van der Waals surface area contributed by atoms with Crippen molar-refractivity contribution < 1.29 is 0 Å². The van der Waals surface area contributed by atoms with Crippen LogP contribution in [0, 0.1) is 0 Å². The molecule has 0 radical (unpaired) electrons. The van der Waals surface area contributed by atoms with E-state index in [2.05, 4.69) is 0 Å². The molecule has 0 unspecified atom stereocenters. The van der Waals surface area contributed by atoms with Crippen LogP contribution < -0.4 is 0 Å². The van der Waals surface area contributed by atoms with Crippen molar-refractivity contribution in [2.75, 3.05) is 0 Å². The molecule has 1 aliphatic rings. The van der Waals surface area contributed by atoms with Gasteiger partial charge in [0.25, 0.3) is 0 Å². The van der Waals surface area contributed by atoms with E-state index >= 15 is 0 Å². The van der Waals surface area contributed by atoms with E-state index in [1.165, 1.54) is 6.42 Å². The molecule has 0 spiro atoms. The van der Waals surface area contributed by atoms with Crippen LogP contribution >= 0.6 is 23.8 Å². The molecule has 1 rings (SSSR count). The summed E-state index contributed by atoms with van der Waals surface area (Å²) >= 11 is 10.6. The van der Waals surface area contributed by atoms with Gasteiger partial charge in [0.05, 0.1) is 5.38 Å². The van der Waals surface area contributed by atoms with Crippen LogP contribution in [0.3, 0.4) is 0 Å². The molecule has 0 aromatic carbocycles. The van der Waals surface area contributed by atoms with Gasteiger partial charge in [0.2, 0.25) is 0 Å². The van der Waals surface area contributed by atoms with Gasteiger partial charge in [-0.1, -0.05) is 12.2 Å². The topological polar surface area (TPSA) is 0 Å². The zero-order chi connectivity index (χ0) is 5.28. The smallest absolute Gasteiger partial charge is 0.0648 e. The van der Waals surface area contributed by atoms with Crippen LogP contribution in [-0.2, 0) is 0 Å². The van der Waals surface area contributed by atoms with E-state index in [0.29, 0.717) is 0 Å². The van der Waals surface area contributed by atoms with E-state index in [9.17, 15) is 0 Å². The zero-order valence-electron chi connectivity index (χ0n) is 3.98. The van der Waals surface area contributed by atoms with Crippen molar-refractivity contribution in [3.05, 3.63) is 0 Å². The highest BCUT2D eigenvalue weighted by Gasteiger charge is 2.16. The number of halogens is 1. The van der Waals surface area contributed by atoms with Crippen LogP contribution in [0.5, 0.6) is 0 Å². The molecule has 1 fully saturated rings. The summed E-state index contributed by atoms with van der Waals surface area (Å²) in [5, 5.41) is 0.218. The van der Waals surface area contributed by atoms with E-state index in [1.54, 1.807) is 0 Å². The second-order valence-electron chi connectivity index (χ2n) is 1.83. The second kappa shape index (κ2) is 2.10. The molecule has 0 bridgehead atoms. The van der Waals surface area contributed by atoms with Gasteiger partial charge in [-0.05, 0) is 19.3 Å². The van der Waals surface area contributed by atoms with Gasteiger partial charge in [0.1, 0.15) is 0 Å². The maximum Gasteiger partial charge on any atom is 0.0648 e. The summed E-state index contributed by atoms with van der Waals surface area (Å²) in [6.45, 7) is 0. The third-order valence-electron chi connectivity index (χ3n) is 1.23. The molecule has 1 atom stereocenters. The summed E-state index contributed by atoms with van der Waals surface area (Å²) < 4.78 is 0. The fraction of sp³-hybridized carbons (Fsp3) is 0.800. The molecule has 0 aromatic heterocycles. The van der Waals surface area contributed by atoms with E-state index in [-0.39, 0.29) is 5.38 Å². The van der Waals surface area contributed by atoms with Crippen LogP contribution in [0.2, 0.25) is 0 Å². The predicted octanol–water partition coefficient (Wildman–Crippen LogP) is 2.15. The molecule has 0 aliphatic heterocycles. The molecule has 0 aromatic rings. The summed E-state index contributed by atoms with van der Waals surface area (Å²) in [6, 6.07) is 0. The van der Waals surface area contributed by atoms with E-state index in [0.717, 1.165) is 17.7 Å². The third-order valence-corrected chi connectivity index (χ3v) is 2.33. The Morgan fingerprint density at radius 2 is 2.43 bits per heavy atom. The Morgan fingerprint density at radius 1 is 1.71 bits per heavy atom. The van der Waals surface area contributed by atoms with Crippen LogP contribution in [0.4, 0.5) is 0 Å². The van der Waals surface area contributed by atoms with Crippen LogP contribution in [-0.4, -0.2) is 10.2 Å². The lowest BCUT2D eigenvalue weighted by Crippen LogP contribution is -1.99. The van der Waals surface area contributed by atoms with E-state index < -0.39 is 0 Å². The Morgan fingerprint density at radius 3 is 2.57 bits per heavy atom. The van der Waals surface area contributed by atoms with Gasteiger partial charge < -0.3 is 0 Å². The van der Waals surface area contributed by atoms with Gasteiger partial charge in [-0.25, -0.2) is 0 Å². The lowest BCUT2D eigenvalue weighted by molar-refractivity contribution is 0.889. The minimum absolute atomic E-state index is 0.218. The first-order valence-corrected chi connectivity index (χ1v) is 3.32. The lowest BCUT2D eigenvalue weighted by Gasteiger charge is -1.92. The van der Waals surface area contributed by atoms with Crippen molar-refractivity contribution in [3.63, 3.8) is 0 Å². The molecule has 1 aliphatic carbocycles. The molecule has 0 heterocycles. The summed E-state index contributed by atoms with van der Waals surface area (Å²) in [5.41, 5.74) is 0. The van der Waals surface area contributed by atoms with Gasteiger partial charge in [-0.15, -0.1) is 11.6 Å². The van der Waals surface area contributed by atoms with Gasteiger partial charge >= 0.3 is 0 Å². The first-order chi connectivity index (χ1) is 3.30. The van der Waals surface area contributed by atoms with Crippen LogP contribution in [0.1, 0.15) is 19.3 Å². The van der Waals surface area contributed by atoms with Crippen LogP contribution in [0.25, 0.3) is 0 Å². The molecule has 0 nitrogen and oxygen atoms in total. The molecule has 40 valence electrons. The van der Waals surface area contributed by atoms with Gasteiger partial charge in [0.15, 0.2) is 0 Å².